The van der Waals surface area contributed by atoms with E-state index in [0.29, 0.717) is 24.0 Å². The third kappa shape index (κ3) is 3.80. The van der Waals surface area contributed by atoms with E-state index < -0.39 is 29.9 Å². The molecule has 8 heteroatoms. The first-order valence-electron chi connectivity index (χ1n) is 8.09. The van der Waals surface area contributed by atoms with Crippen molar-refractivity contribution < 1.29 is 32.2 Å². The molecule has 2 aromatic carbocycles. The number of alkyl halides is 3. The lowest BCUT2D eigenvalue weighted by atomic mass is 9.87. The maximum atomic E-state index is 12.6. The Morgan fingerprint density at radius 2 is 1.93 bits per heavy atom. The predicted molar refractivity (Wildman–Crippen MR) is 90.0 cm³/mol. The van der Waals surface area contributed by atoms with Gasteiger partial charge < -0.3 is 15.2 Å². The molecule has 2 aromatic rings. The second-order valence-electron chi connectivity index (χ2n) is 6.17. The van der Waals surface area contributed by atoms with Gasteiger partial charge in [-0.1, -0.05) is 6.07 Å². The average molecular weight is 379 g/mol. The number of nitrogens with two attached hydrogens (primary N) is 1. The molecule has 0 unspecified atom stereocenters. The van der Waals surface area contributed by atoms with Crippen LogP contribution in [0.4, 0.5) is 18.9 Å². The zero-order valence-corrected chi connectivity index (χ0v) is 14.1. The van der Waals surface area contributed by atoms with Crippen LogP contribution in [0.25, 0.3) is 0 Å². The standard InChI is InChI=1S/C19H16F3NO4/c20-19(21,22)14-3-1-12(2-4-14)17(25)26-11-18(10-24)16-6-5-15(23)9-13(16)7-8-27-18/h1-6,9-10H,7-8,11,23H2/t18-/m1/s1. The maximum absolute atomic E-state index is 12.6. The smallest absolute Gasteiger partial charge is 0.416 e. The van der Waals surface area contributed by atoms with Crippen LogP contribution < -0.4 is 5.73 Å². The second kappa shape index (κ2) is 7.03. The number of hydrogen-bond acceptors (Lipinski definition) is 5. The van der Waals surface area contributed by atoms with Gasteiger partial charge in [0.05, 0.1) is 17.7 Å². The van der Waals surface area contributed by atoms with E-state index in [1.165, 1.54) is 0 Å². The van der Waals surface area contributed by atoms with Crippen molar-refractivity contribution in [1.82, 2.24) is 0 Å². The largest absolute Gasteiger partial charge is 0.458 e. The molecule has 0 bridgehead atoms. The summed E-state index contributed by atoms with van der Waals surface area (Å²) in [5, 5.41) is 0. The van der Waals surface area contributed by atoms with Gasteiger partial charge in [0, 0.05) is 5.69 Å². The fraction of sp³-hybridized carbons (Fsp3) is 0.263. The van der Waals surface area contributed by atoms with Gasteiger partial charge in [-0.25, -0.2) is 4.79 Å². The van der Waals surface area contributed by atoms with Crippen molar-refractivity contribution in [3.63, 3.8) is 0 Å². The molecular weight excluding hydrogens is 363 g/mol. The van der Waals surface area contributed by atoms with Crippen molar-refractivity contribution >= 4 is 17.9 Å². The molecule has 142 valence electrons. The SMILES string of the molecule is Nc1ccc2c(c1)CCO[C@]2(C=O)COC(=O)c1ccc(C(F)(F)F)cc1. The highest BCUT2D eigenvalue weighted by Crippen LogP contribution is 2.34. The number of hydrogen-bond donors (Lipinski definition) is 1. The number of carbonyl (C=O) groups excluding carboxylic acids is 2. The second-order valence-corrected chi connectivity index (χ2v) is 6.17. The van der Waals surface area contributed by atoms with Crippen LogP contribution in [0.1, 0.15) is 27.0 Å². The summed E-state index contributed by atoms with van der Waals surface area (Å²) in [5.41, 5.74) is 5.27. The van der Waals surface area contributed by atoms with Gasteiger partial charge in [0.2, 0.25) is 0 Å². The van der Waals surface area contributed by atoms with E-state index in [-0.39, 0.29) is 12.2 Å². The van der Waals surface area contributed by atoms with Crippen molar-refractivity contribution in [3.05, 3.63) is 64.7 Å². The van der Waals surface area contributed by atoms with Crippen molar-refractivity contribution in [2.45, 2.75) is 18.2 Å². The summed E-state index contributed by atoms with van der Waals surface area (Å²) in [6.45, 7) is -0.152. The van der Waals surface area contributed by atoms with Crippen LogP contribution in [0.3, 0.4) is 0 Å². The van der Waals surface area contributed by atoms with Crippen molar-refractivity contribution in [3.8, 4) is 0 Å². The predicted octanol–water partition coefficient (Wildman–Crippen LogP) is 3.11. The van der Waals surface area contributed by atoms with Crippen molar-refractivity contribution in [2.24, 2.45) is 0 Å². The highest BCUT2D eigenvalue weighted by atomic mass is 19.4. The molecule has 0 radical (unpaired) electrons. The Morgan fingerprint density at radius 3 is 2.56 bits per heavy atom. The zero-order chi connectivity index (χ0) is 19.7. The van der Waals surface area contributed by atoms with Gasteiger partial charge in [0.1, 0.15) is 6.61 Å². The van der Waals surface area contributed by atoms with Crippen molar-refractivity contribution in [2.75, 3.05) is 18.9 Å². The molecule has 2 N–H and O–H groups in total. The van der Waals surface area contributed by atoms with E-state index in [4.69, 9.17) is 15.2 Å². The van der Waals surface area contributed by atoms with Crippen LogP contribution in [-0.2, 0) is 32.5 Å². The van der Waals surface area contributed by atoms with E-state index in [9.17, 15) is 22.8 Å². The molecule has 1 atom stereocenters. The Labute approximate surface area is 152 Å². The number of aldehydes is 1. The number of carbonyl (C=O) groups is 2. The molecule has 0 saturated heterocycles. The zero-order valence-electron chi connectivity index (χ0n) is 14.1. The average Bonchev–Trinajstić information content (AvgIpc) is 2.65. The Balaban J connectivity index is 1.77. The first-order valence-corrected chi connectivity index (χ1v) is 8.09. The Hall–Kier alpha value is -2.87. The summed E-state index contributed by atoms with van der Waals surface area (Å²) in [6.07, 6.45) is -3.38. The number of ether oxygens (including phenoxy) is 2. The number of fused-ring (bicyclic) bond motifs is 1. The molecule has 0 aliphatic carbocycles. The van der Waals surface area contributed by atoms with Crippen LogP contribution in [0.5, 0.6) is 0 Å². The molecule has 3 rings (SSSR count). The normalized spacial score (nSPS) is 19.2. The molecule has 0 fully saturated rings. The monoisotopic (exact) mass is 379 g/mol. The molecule has 1 aliphatic heterocycles. The summed E-state index contributed by atoms with van der Waals surface area (Å²) in [7, 11) is 0. The van der Waals surface area contributed by atoms with E-state index in [0.717, 1.165) is 29.8 Å². The summed E-state index contributed by atoms with van der Waals surface area (Å²) < 4.78 is 48.6. The third-order valence-corrected chi connectivity index (χ3v) is 4.37. The van der Waals surface area contributed by atoms with Crippen LogP contribution in [0.2, 0.25) is 0 Å². The molecule has 1 heterocycles. The number of anilines is 1. The molecule has 0 saturated carbocycles. The first-order chi connectivity index (χ1) is 12.7. The Bertz CT molecular complexity index is 864. The maximum Gasteiger partial charge on any atom is 0.416 e. The molecule has 0 amide bonds. The van der Waals surface area contributed by atoms with Crippen LogP contribution in [0, 0.1) is 0 Å². The van der Waals surface area contributed by atoms with Gasteiger partial charge in [-0.05, 0) is 53.9 Å². The number of benzene rings is 2. The lowest BCUT2D eigenvalue weighted by Gasteiger charge is -2.34. The Morgan fingerprint density at radius 1 is 1.22 bits per heavy atom. The minimum atomic E-state index is -4.49. The van der Waals surface area contributed by atoms with Crippen LogP contribution in [-0.4, -0.2) is 25.5 Å². The lowest BCUT2D eigenvalue weighted by Crippen LogP contribution is -2.42. The number of esters is 1. The highest BCUT2D eigenvalue weighted by molar-refractivity contribution is 5.89. The lowest BCUT2D eigenvalue weighted by molar-refractivity contribution is -0.142. The summed E-state index contributed by atoms with van der Waals surface area (Å²) in [5.74, 6) is -0.851. The van der Waals surface area contributed by atoms with Crippen LogP contribution >= 0.6 is 0 Å². The quantitative estimate of drug-likeness (QED) is 0.502. The van der Waals surface area contributed by atoms with Gasteiger partial charge in [-0.3, -0.25) is 4.79 Å². The highest BCUT2D eigenvalue weighted by Gasteiger charge is 2.39. The van der Waals surface area contributed by atoms with Crippen molar-refractivity contribution in [1.29, 1.82) is 0 Å². The van der Waals surface area contributed by atoms with Gasteiger partial charge >= 0.3 is 12.1 Å². The topological polar surface area (TPSA) is 78.6 Å². The van der Waals surface area contributed by atoms with E-state index in [2.05, 4.69) is 0 Å². The first kappa shape index (κ1) is 18.9. The molecule has 0 aromatic heterocycles. The van der Waals surface area contributed by atoms with Crippen LogP contribution in [0.15, 0.2) is 42.5 Å². The molecule has 27 heavy (non-hydrogen) atoms. The summed E-state index contributed by atoms with van der Waals surface area (Å²) >= 11 is 0. The number of halogens is 3. The van der Waals surface area contributed by atoms with Gasteiger partial charge in [-0.2, -0.15) is 13.2 Å². The molecule has 5 nitrogen and oxygen atoms in total. The summed E-state index contributed by atoms with van der Waals surface area (Å²) in [6, 6.07) is 8.62. The Kier molecular flexibility index (Phi) is 4.93. The van der Waals surface area contributed by atoms with E-state index >= 15 is 0 Å². The summed E-state index contributed by atoms with van der Waals surface area (Å²) in [4.78, 5) is 23.9. The third-order valence-electron chi connectivity index (χ3n) is 4.37. The van der Waals surface area contributed by atoms with Gasteiger partial charge in [0.25, 0.3) is 0 Å². The fourth-order valence-electron chi connectivity index (χ4n) is 2.96. The minimum absolute atomic E-state index is 0.0580. The van der Waals surface area contributed by atoms with Gasteiger partial charge in [-0.15, -0.1) is 0 Å². The van der Waals surface area contributed by atoms with E-state index in [1.807, 2.05) is 0 Å². The van der Waals surface area contributed by atoms with E-state index in [1.54, 1.807) is 18.2 Å². The fourth-order valence-corrected chi connectivity index (χ4v) is 2.96. The number of nitrogen functional groups attached to an aromatic ring is 1. The van der Waals surface area contributed by atoms with Gasteiger partial charge in [0.15, 0.2) is 11.9 Å². The minimum Gasteiger partial charge on any atom is -0.458 e. The molecule has 1 aliphatic rings. The number of rotatable bonds is 4. The molecule has 0 spiro atoms. The molecular formula is C19H16F3NO4.